The third-order valence-corrected chi connectivity index (χ3v) is 7.17. The molecule has 0 bridgehead atoms. The van der Waals surface area contributed by atoms with E-state index in [1.165, 1.54) is 5.56 Å². The molecule has 0 aliphatic heterocycles. The Balaban J connectivity index is 0.000000304. The van der Waals surface area contributed by atoms with Crippen molar-refractivity contribution >= 4 is 33.6 Å². The number of sulfone groups is 1. The van der Waals surface area contributed by atoms with Gasteiger partial charge in [0.15, 0.2) is 15.5 Å². The Hall–Kier alpha value is -2.64. The lowest BCUT2D eigenvalue weighted by molar-refractivity contribution is 0.587. The zero-order valence-corrected chi connectivity index (χ0v) is 21.1. The number of hydrogen-bond donors (Lipinski definition) is 2. The second-order valence-corrected chi connectivity index (χ2v) is 10.4. The summed E-state index contributed by atoms with van der Waals surface area (Å²) in [6.07, 6.45) is 3.55. The summed E-state index contributed by atoms with van der Waals surface area (Å²) in [7, 11) is -3.25. The molecule has 0 unspecified atom stereocenters. The molecular weight excluding hydrogens is 438 g/mol. The summed E-state index contributed by atoms with van der Waals surface area (Å²) in [5.41, 5.74) is 5.46. The standard InChI is InChI=1S/C16H17N3O2S.C7H8S.C2H6/c1-10(2)22(20,21)13-6-4-12(5-7-13)14-9-18-16-15(19-14)11(3)8-17-16;1-6-2-4-7(8)5-3-6;1-2/h4-10H,1-3H3,(H,17,18);2-5,8H,1H3;1-2H3. The fourth-order valence-electron chi connectivity index (χ4n) is 2.79. The number of nitrogens with one attached hydrogen (secondary N) is 1. The van der Waals surface area contributed by atoms with E-state index in [2.05, 4.69) is 34.5 Å². The van der Waals surface area contributed by atoms with Gasteiger partial charge in [-0.3, -0.25) is 0 Å². The van der Waals surface area contributed by atoms with Crippen LogP contribution in [0.2, 0.25) is 0 Å². The Kier molecular flexibility index (Phi) is 9.04. The van der Waals surface area contributed by atoms with Crippen molar-refractivity contribution in [3.05, 3.63) is 72.1 Å². The smallest absolute Gasteiger partial charge is 0.180 e. The average Bonchev–Trinajstić information content (AvgIpc) is 3.17. The molecule has 2 heterocycles. The molecule has 0 saturated heterocycles. The molecule has 0 fully saturated rings. The van der Waals surface area contributed by atoms with E-state index in [0.717, 1.165) is 32.9 Å². The SMILES string of the molecule is CC.Cc1c[nH]c2ncc(-c3ccc(S(=O)(=O)C(C)C)cc3)nc12.Cc1ccc(S)cc1. The number of nitrogens with zero attached hydrogens (tertiary/aromatic N) is 2. The summed E-state index contributed by atoms with van der Waals surface area (Å²) in [5.74, 6) is 0. The van der Waals surface area contributed by atoms with E-state index < -0.39 is 15.1 Å². The first-order valence-corrected chi connectivity index (χ1v) is 12.6. The number of H-pyrrole nitrogens is 1. The molecule has 0 atom stereocenters. The van der Waals surface area contributed by atoms with Crippen LogP contribution in [0.15, 0.2) is 70.7 Å². The number of fused-ring (bicyclic) bond motifs is 1. The Morgan fingerprint density at radius 1 is 0.938 bits per heavy atom. The van der Waals surface area contributed by atoms with Gasteiger partial charge in [-0.25, -0.2) is 18.4 Å². The minimum atomic E-state index is -3.25. The van der Waals surface area contributed by atoms with Crippen molar-refractivity contribution in [1.29, 1.82) is 0 Å². The van der Waals surface area contributed by atoms with Crippen molar-refractivity contribution in [2.75, 3.05) is 0 Å². The van der Waals surface area contributed by atoms with Gasteiger partial charge in [0.05, 0.1) is 22.0 Å². The molecule has 0 aliphatic rings. The van der Waals surface area contributed by atoms with E-state index in [1.807, 2.05) is 51.2 Å². The number of benzene rings is 2. The molecule has 1 N–H and O–H groups in total. The number of hydrogen-bond acceptors (Lipinski definition) is 5. The van der Waals surface area contributed by atoms with Crippen LogP contribution in [0.25, 0.3) is 22.4 Å². The van der Waals surface area contributed by atoms with E-state index in [-0.39, 0.29) is 0 Å². The molecule has 2 aromatic carbocycles. The summed E-state index contributed by atoms with van der Waals surface area (Å²) in [5, 5.41) is -0.433. The quantitative estimate of drug-likeness (QED) is 0.339. The molecule has 2 aromatic heterocycles. The summed E-state index contributed by atoms with van der Waals surface area (Å²) in [6.45, 7) is 11.4. The predicted molar refractivity (Wildman–Crippen MR) is 136 cm³/mol. The fourth-order valence-corrected chi connectivity index (χ4v) is 3.99. The highest BCUT2D eigenvalue weighted by Crippen LogP contribution is 2.23. The molecule has 0 spiro atoms. The van der Waals surface area contributed by atoms with Crippen molar-refractivity contribution < 1.29 is 8.42 Å². The van der Waals surface area contributed by atoms with E-state index in [0.29, 0.717) is 4.90 Å². The van der Waals surface area contributed by atoms with Crippen molar-refractivity contribution in [3.63, 3.8) is 0 Å². The lowest BCUT2D eigenvalue weighted by Crippen LogP contribution is -2.13. The molecule has 32 heavy (non-hydrogen) atoms. The first kappa shape index (κ1) is 25.6. The first-order chi connectivity index (χ1) is 15.2. The second kappa shape index (κ2) is 11.3. The summed E-state index contributed by atoms with van der Waals surface area (Å²) in [6, 6.07) is 14.8. The van der Waals surface area contributed by atoms with Crippen LogP contribution >= 0.6 is 12.6 Å². The monoisotopic (exact) mass is 469 g/mol. The van der Waals surface area contributed by atoms with Crippen molar-refractivity contribution in [2.45, 2.75) is 56.6 Å². The average molecular weight is 470 g/mol. The number of thiol groups is 1. The van der Waals surface area contributed by atoms with E-state index >= 15 is 0 Å². The minimum Gasteiger partial charge on any atom is -0.345 e. The van der Waals surface area contributed by atoms with Gasteiger partial charge in [0.1, 0.15) is 5.52 Å². The Labute approximate surface area is 196 Å². The predicted octanol–water partition coefficient (Wildman–Crippen LogP) is 6.43. The minimum absolute atomic E-state index is 0.332. The molecule has 7 heteroatoms. The highest BCUT2D eigenvalue weighted by molar-refractivity contribution is 7.92. The van der Waals surface area contributed by atoms with Gasteiger partial charge in [-0.2, -0.15) is 0 Å². The molecule has 0 aliphatic carbocycles. The molecule has 4 aromatic rings. The van der Waals surface area contributed by atoms with Crippen molar-refractivity contribution in [2.24, 2.45) is 0 Å². The van der Waals surface area contributed by atoms with E-state index in [1.54, 1.807) is 44.3 Å². The van der Waals surface area contributed by atoms with E-state index in [4.69, 9.17) is 0 Å². The van der Waals surface area contributed by atoms with Crippen LogP contribution in [0, 0.1) is 13.8 Å². The molecule has 0 saturated carbocycles. The number of aryl methyl sites for hydroxylation is 2. The third kappa shape index (κ3) is 6.20. The van der Waals surface area contributed by atoms with Gasteiger partial charge in [0.25, 0.3) is 0 Å². The molecule has 5 nitrogen and oxygen atoms in total. The van der Waals surface area contributed by atoms with Gasteiger partial charge in [-0.05, 0) is 57.5 Å². The van der Waals surface area contributed by atoms with Gasteiger partial charge in [-0.1, -0.05) is 43.7 Å². The Bertz CT molecular complexity index is 1220. The van der Waals surface area contributed by atoms with Gasteiger partial charge >= 0.3 is 0 Å². The molecule has 0 amide bonds. The van der Waals surface area contributed by atoms with Crippen LogP contribution in [-0.2, 0) is 9.84 Å². The zero-order valence-electron chi connectivity index (χ0n) is 19.4. The normalized spacial score (nSPS) is 10.9. The summed E-state index contributed by atoms with van der Waals surface area (Å²) in [4.78, 5) is 13.3. The number of aromatic nitrogens is 3. The van der Waals surface area contributed by atoms with Crippen molar-refractivity contribution in [1.82, 2.24) is 15.0 Å². The van der Waals surface area contributed by atoms with Crippen molar-refractivity contribution in [3.8, 4) is 11.3 Å². The van der Waals surface area contributed by atoms with Crippen LogP contribution in [0.4, 0.5) is 0 Å². The van der Waals surface area contributed by atoms with Gasteiger partial charge in [0.2, 0.25) is 0 Å². The lowest BCUT2D eigenvalue weighted by Gasteiger charge is -2.08. The molecule has 0 radical (unpaired) electrons. The summed E-state index contributed by atoms with van der Waals surface area (Å²) < 4.78 is 24.3. The Morgan fingerprint density at radius 2 is 1.53 bits per heavy atom. The molecular formula is C25H31N3O2S2. The largest absolute Gasteiger partial charge is 0.345 e. The fraction of sp³-hybridized carbons (Fsp3) is 0.280. The highest BCUT2D eigenvalue weighted by Gasteiger charge is 2.19. The lowest BCUT2D eigenvalue weighted by atomic mass is 10.1. The first-order valence-electron chi connectivity index (χ1n) is 10.6. The van der Waals surface area contributed by atoms with Gasteiger partial charge < -0.3 is 4.98 Å². The maximum atomic E-state index is 12.1. The maximum Gasteiger partial charge on any atom is 0.180 e. The highest BCUT2D eigenvalue weighted by atomic mass is 32.2. The van der Waals surface area contributed by atoms with Crippen LogP contribution in [0.3, 0.4) is 0 Å². The van der Waals surface area contributed by atoms with Crippen LogP contribution in [-0.4, -0.2) is 28.6 Å². The van der Waals surface area contributed by atoms with Crippen LogP contribution in [0.5, 0.6) is 0 Å². The molecule has 170 valence electrons. The third-order valence-electron chi connectivity index (χ3n) is 4.70. The summed E-state index contributed by atoms with van der Waals surface area (Å²) >= 11 is 4.13. The van der Waals surface area contributed by atoms with Gasteiger partial charge in [-0.15, -0.1) is 12.6 Å². The van der Waals surface area contributed by atoms with Crippen LogP contribution in [0.1, 0.15) is 38.8 Å². The zero-order chi connectivity index (χ0) is 23.9. The maximum absolute atomic E-state index is 12.1. The number of aromatic amines is 1. The Morgan fingerprint density at radius 3 is 2.06 bits per heavy atom. The van der Waals surface area contributed by atoms with E-state index in [9.17, 15) is 8.42 Å². The van der Waals surface area contributed by atoms with Crippen LogP contribution < -0.4 is 0 Å². The topological polar surface area (TPSA) is 75.7 Å². The molecule has 4 rings (SSSR count). The van der Waals surface area contributed by atoms with Gasteiger partial charge in [0, 0.05) is 16.7 Å². The number of rotatable bonds is 3. The second-order valence-electron chi connectivity index (χ2n) is 7.38.